The zero-order valence-corrected chi connectivity index (χ0v) is 14.6. The van der Waals surface area contributed by atoms with E-state index in [1.807, 2.05) is 40.7 Å². The van der Waals surface area contributed by atoms with Gasteiger partial charge in [-0.1, -0.05) is 26.8 Å². The molecule has 0 radical (unpaired) electrons. The fourth-order valence-electron chi connectivity index (χ4n) is 2.37. The molecule has 0 aromatic heterocycles. The second-order valence-corrected chi connectivity index (χ2v) is 5.61. The van der Waals surface area contributed by atoms with E-state index < -0.39 is 5.60 Å². The van der Waals surface area contributed by atoms with Crippen molar-refractivity contribution < 1.29 is 14.6 Å². The van der Waals surface area contributed by atoms with Crippen LogP contribution in [0.2, 0.25) is 0 Å². The maximum atomic E-state index is 12.2. The fourth-order valence-corrected chi connectivity index (χ4v) is 2.37. The Balaban J connectivity index is 0.00000191. The molecule has 1 heterocycles. The average molecular weight is 299 g/mol. The Bertz CT molecular complexity index is 337. The highest BCUT2D eigenvalue weighted by Gasteiger charge is 2.39. The molecule has 1 N–H and O–H groups in total. The Morgan fingerprint density at radius 3 is 2.57 bits per heavy atom. The lowest BCUT2D eigenvalue weighted by Gasteiger charge is -2.42. The monoisotopic (exact) mass is 299 g/mol. The number of allylic oxidation sites excluding steroid dienone is 1. The molecule has 1 aliphatic rings. The lowest BCUT2D eigenvalue weighted by atomic mass is 9.86. The van der Waals surface area contributed by atoms with Crippen LogP contribution in [0.25, 0.3) is 0 Å². The minimum Gasteiger partial charge on any atom is -0.445 e. The van der Waals surface area contributed by atoms with Crippen LogP contribution in [0, 0.1) is 0 Å². The smallest absolute Gasteiger partial charge is 0.410 e. The van der Waals surface area contributed by atoms with Gasteiger partial charge < -0.3 is 14.7 Å². The minimum atomic E-state index is -0.838. The van der Waals surface area contributed by atoms with Crippen LogP contribution in [0.5, 0.6) is 0 Å². The molecule has 124 valence electrons. The molecule has 1 fully saturated rings. The van der Waals surface area contributed by atoms with Gasteiger partial charge in [0.2, 0.25) is 0 Å². The van der Waals surface area contributed by atoms with Crippen molar-refractivity contribution in [2.75, 3.05) is 13.2 Å². The van der Waals surface area contributed by atoms with Crippen molar-refractivity contribution in [2.45, 2.75) is 78.9 Å². The Morgan fingerprint density at radius 1 is 1.43 bits per heavy atom. The van der Waals surface area contributed by atoms with Gasteiger partial charge in [-0.15, -0.1) is 0 Å². The standard InChI is InChI=1S/C15H27NO3.C2H6/c1-5-12(3)11-19-14(17)16-10-8-7-9-13(16)15(4,18)6-2;1-2/h5,13,18H,6-11H2,1-4H3;1-2H3/b12-5+;. The number of carbonyl (C=O) groups is 1. The SMILES string of the molecule is C/C=C(\C)COC(=O)N1CCCCC1C(C)(O)CC.CC. The van der Waals surface area contributed by atoms with E-state index in [0.717, 1.165) is 24.8 Å². The molecule has 1 saturated heterocycles. The van der Waals surface area contributed by atoms with Gasteiger partial charge in [0.25, 0.3) is 0 Å². The number of nitrogens with zero attached hydrogens (tertiary/aromatic N) is 1. The van der Waals surface area contributed by atoms with Crippen molar-refractivity contribution >= 4 is 6.09 Å². The third-order valence-electron chi connectivity index (χ3n) is 4.09. The lowest BCUT2D eigenvalue weighted by molar-refractivity contribution is -0.0475. The Kier molecular flexibility index (Phi) is 9.34. The number of piperidine rings is 1. The molecule has 1 amide bonds. The first kappa shape index (κ1) is 20.0. The molecular formula is C17H33NO3. The van der Waals surface area contributed by atoms with Crippen molar-refractivity contribution in [1.82, 2.24) is 4.90 Å². The second kappa shape index (κ2) is 9.82. The van der Waals surface area contributed by atoms with Crippen molar-refractivity contribution in [3.8, 4) is 0 Å². The van der Waals surface area contributed by atoms with E-state index in [-0.39, 0.29) is 12.1 Å². The van der Waals surface area contributed by atoms with E-state index >= 15 is 0 Å². The van der Waals surface area contributed by atoms with Gasteiger partial charge in [-0.25, -0.2) is 4.79 Å². The number of hydrogen-bond donors (Lipinski definition) is 1. The van der Waals surface area contributed by atoms with Gasteiger partial charge in [-0.2, -0.15) is 0 Å². The van der Waals surface area contributed by atoms with E-state index in [1.165, 1.54) is 0 Å². The molecule has 0 aromatic rings. The van der Waals surface area contributed by atoms with Crippen LogP contribution < -0.4 is 0 Å². The van der Waals surface area contributed by atoms with Gasteiger partial charge in [0.05, 0.1) is 11.6 Å². The van der Waals surface area contributed by atoms with Crippen LogP contribution in [0.15, 0.2) is 11.6 Å². The summed E-state index contributed by atoms with van der Waals surface area (Å²) in [6.07, 6.45) is 5.14. The lowest BCUT2D eigenvalue weighted by Crippen LogP contribution is -2.55. The molecule has 2 unspecified atom stereocenters. The molecule has 21 heavy (non-hydrogen) atoms. The van der Waals surface area contributed by atoms with Gasteiger partial charge in [-0.3, -0.25) is 0 Å². The predicted molar refractivity (Wildman–Crippen MR) is 87.4 cm³/mol. The molecule has 0 aromatic carbocycles. The van der Waals surface area contributed by atoms with Crippen molar-refractivity contribution in [3.05, 3.63) is 11.6 Å². The Hall–Kier alpha value is -1.03. The van der Waals surface area contributed by atoms with Crippen molar-refractivity contribution in [2.24, 2.45) is 0 Å². The highest BCUT2D eigenvalue weighted by atomic mass is 16.6. The van der Waals surface area contributed by atoms with Crippen LogP contribution in [0.3, 0.4) is 0 Å². The highest BCUT2D eigenvalue weighted by molar-refractivity contribution is 5.68. The van der Waals surface area contributed by atoms with E-state index in [1.54, 1.807) is 11.8 Å². The van der Waals surface area contributed by atoms with Gasteiger partial charge in [-0.05, 0) is 52.0 Å². The molecule has 4 heteroatoms. The molecule has 4 nitrogen and oxygen atoms in total. The largest absolute Gasteiger partial charge is 0.445 e. The van der Waals surface area contributed by atoms with Crippen LogP contribution >= 0.6 is 0 Å². The van der Waals surface area contributed by atoms with Crippen molar-refractivity contribution in [3.63, 3.8) is 0 Å². The molecular weight excluding hydrogens is 266 g/mol. The topological polar surface area (TPSA) is 49.8 Å². The quantitative estimate of drug-likeness (QED) is 0.794. The molecule has 2 atom stereocenters. The second-order valence-electron chi connectivity index (χ2n) is 5.61. The number of hydrogen-bond acceptors (Lipinski definition) is 3. The number of likely N-dealkylation sites (tertiary alicyclic amines) is 1. The van der Waals surface area contributed by atoms with Gasteiger partial charge in [0.15, 0.2) is 0 Å². The first-order chi connectivity index (χ1) is 9.92. The Morgan fingerprint density at radius 2 is 2.05 bits per heavy atom. The number of rotatable bonds is 4. The highest BCUT2D eigenvalue weighted by Crippen LogP contribution is 2.29. The van der Waals surface area contributed by atoms with Crippen LogP contribution in [-0.4, -0.2) is 40.9 Å². The summed E-state index contributed by atoms with van der Waals surface area (Å²) in [5.74, 6) is 0. The van der Waals surface area contributed by atoms with E-state index in [0.29, 0.717) is 19.6 Å². The summed E-state index contributed by atoms with van der Waals surface area (Å²) >= 11 is 0. The summed E-state index contributed by atoms with van der Waals surface area (Å²) in [7, 11) is 0. The summed E-state index contributed by atoms with van der Waals surface area (Å²) in [4.78, 5) is 13.9. The molecule has 1 aliphatic heterocycles. The van der Waals surface area contributed by atoms with Crippen LogP contribution in [0.1, 0.15) is 67.2 Å². The maximum Gasteiger partial charge on any atom is 0.410 e. The minimum absolute atomic E-state index is 0.135. The first-order valence-electron chi connectivity index (χ1n) is 8.20. The summed E-state index contributed by atoms with van der Waals surface area (Å²) in [5, 5.41) is 10.4. The normalized spacial score (nSPS) is 22.0. The summed E-state index contributed by atoms with van der Waals surface area (Å²) in [5.41, 5.74) is 0.193. The predicted octanol–water partition coefficient (Wildman–Crippen LogP) is 4.13. The van der Waals surface area contributed by atoms with Gasteiger partial charge in [0, 0.05) is 6.54 Å². The van der Waals surface area contributed by atoms with Crippen LogP contribution in [-0.2, 0) is 4.74 Å². The first-order valence-corrected chi connectivity index (χ1v) is 8.20. The van der Waals surface area contributed by atoms with E-state index in [4.69, 9.17) is 4.74 Å². The number of amides is 1. The van der Waals surface area contributed by atoms with E-state index in [2.05, 4.69) is 0 Å². The van der Waals surface area contributed by atoms with E-state index in [9.17, 15) is 9.90 Å². The summed E-state index contributed by atoms with van der Waals surface area (Å²) in [6, 6.07) is -0.135. The number of carbonyl (C=O) groups excluding carboxylic acids is 1. The van der Waals surface area contributed by atoms with Gasteiger partial charge in [0.1, 0.15) is 6.61 Å². The van der Waals surface area contributed by atoms with Crippen molar-refractivity contribution in [1.29, 1.82) is 0 Å². The van der Waals surface area contributed by atoms with Gasteiger partial charge >= 0.3 is 6.09 Å². The molecule has 1 rings (SSSR count). The van der Waals surface area contributed by atoms with Crippen LogP contribution in [0.4, 0.5) is 4.79 Å². The summed E-state index contributed by atoms with van der Waals surface area (Å²) in [6.45, 7) is 12.6. The third-order valence-corrected chi connectivity index (χ3v) is 4.09. The third kappa shape index (κ3) is 6.08. The average Bonchev–Trinajstić information content (AvgIpc) is 2.54. The zero-order chi connectivity index (χ0) is 16.5. The number of aliphatic hydroxyl groups is 1. The fraction of sp³-hybridized carbons (Fsp3) is 0.824. The molecule has 0 saturated carbocycles. The Labute approximate surface area is 130 Å². The molecule has 0 bridgehead atoms. The molecule has 0 spiro atoms. The summed E-state index contributed by atoms with van der Waals surface area (Å²) < 4.78 is 5.31. The maximum absolute atomic E-state index is 12.2. The number of ether oxygens (including phenoxy) is 1. The molecule has 0 aliphatic carbocycles. The zero-order valence-electron chi connectivity index (χ0n) is 14.6.